The molecule has 0 N–H and O–H groups in total. The zero-order chi connectivity index (χ0) is 19.6. The molecule has 2 aromatic carbocycles. The summed E-state index contributed by atoms with van der Waals surface area (Å²) >= 11 is 0. The third-order valence-corrected chi connectivity index (χ3v) is 3.97. The Morgan fingerprint density at radius 2 is 1.74 bits per heavy atom. The molecule has 1 atom stereocenters. The van der Waals surface area contributed by atoms with Crippen molar-refractivity contribution in [2.45, 2.75) is 33.3 Å². The minimum Gasteiger partial charge on any atom is -0.485 e. The Morgan fingerprint density at radius 3 is 2.37 bits per heavy atom. The highest BCUT2D eigenvalue weighted by molar-refractivity contribution is 5.97. The number of carbonyl (C=O) groups is 2. The van der Waals surface area contributed by atoms with Crippen LogP contribution in [0.25, 0.3) is 0 Å². The van der Waals surface area contributed by atoms with Crippen molar-refractivity contribution < 1.29 is 23.8 Å². The van der Waals surface area contributed by atoms with Crippen LogP contribution in [0.5, 0.6) is 5.75 Å². The normalized spacial score (nSPS) is 11.7. The van der Waals surface area contributed by atoms with Crippen molar-refractivity contribution in [3.05, 3.63) is 65.2 Å². The van der Waals surface area contributed by atoms with Crippen molar-refractivity contribution >= 4 is 11.8 Å². The summed E-state index contributed by atoms with van der Waals surface area (Å²) in [7, 11) is 0. The van der Waals surface area contributed by atoms with Crippen LogP contribution >= 0.6 is 0 Å². The summed E-state index contributed by atoms with van der Waals surface area (Å²) in [6.07, 6.45) is -0.195. The van der Waals surface area contributed by atoms with E-state index in [1.165, 1.54) is 0 Å². The van der Waals surface area contributed by atoms with E-state index in [1.54, 1.807) is 25.1 Å². The molecule has 0 saturated carbocycles. The van der Waals surface area contributed by atoms with Crippen LogP contribution in [-0.2, 0) is 20.7 Å². The van der Waals surface area contributed by atoms with Gasteiger partial charge in [0.15, 0.2) is 18.5 Å². The predicted octanol–water partition coefficient (Wildman–Crippen LogP) is 3.77. The lowest BCUT2D eigenvalue weighted by Crippen LogP contribution is -2.28. The quantitative estimate of drug-likeness (QED) is 0.471. The molecule has 144 valence electrons. The zero-order valence-corrected chi connectivity index (χ0v) is 16.1. The zero-order valence-electron chi connectivity index (χ0n) is 16.1. The molecule has 0 saturated heterocycles. The van der Waals surface area contributed by atoms with Crippen molar-refractivity contribution in [3.63, 3.8) is 0 Å². The van der Waals surface area contributed by atoms with Gasteiger partial charge in [-0.25, -0.2) is 4.79 Å². The van der Waals surface area contributed by atoms with Crippen molar-refractivity contribution in [1.29, 1.82) is 0 Å². The molecule has 2 rings (SSSR count). The molecule has 0 aliphatic rings. The highest BCUT2D eigenvalue weighted by Gasteiger charge is 2.20. The third-order valence-electron chi connectivity index (χ3n) is 3.97. The standard InChI is InChI=1S/C22H26O5/c1-4-25-21(22(24)26-5-2)14-17-9-11-19(12-10-17)27-15-20(23)18-8-6-7-16(3)13-18/h6-13,21H,4-5,14-15H2,1-3H3/t21-/m0/s1. The van der Waals surface area contributed by atoms with E-state index in [9.17, 15) is 9.59 Å². The van der Waals surface area contributed by atoms with Crippen molar-refractivity contribution in [1.82, 2.24) is 0 Å². The first kappa shape index (κ1) is 20.6. The maximum Gasteiger partial charge on any atom is 0.335 e. The molecule has 5 nitrogen and oxygen atoms in total. The fourth-order valence-corrected chi connectivity index (χ4v) is 2.63. The van der Waals surface area contributed by atoms with E-state index >= 15 is 0 Å². The highest BCUT2D eigenvalue weighted by Crippen LogP contribution is 2.16. The predicted molar refractivity (Wildman–Crippen MR) is 103 cm³/mol. The summed E-state index contributed by atoms with van der Waals surface area (Å²) in [6.45, 7) is 6.30. The Labute approximate surface area is 160 Å². The molecule has 0 radical (unpaired) electrons. The molecule has 0 bridgehead atoms. The lowest BCUT2D eigenvalue weighted by atomic mass is 10.1. The van der Waals surface area contributed by atoms with Gasteiger partial charge in [0, 0.05) is 18.6 Å². The molecule has 27 heavy (non-hydrogen) atoms. The number of ketones is 1. The van der Waals surface area contributed by atoms with Crippen LogP contribution in [0.15, 0.2) is 48.5 Å². The summed E-state index contributed by atoms with van der Waals surface area (Å²) in [6, 6.07) is 14.7. The molecule has 0 aromatic heterocycles. The molecule has 2 aromatic rings. The van der Waals surface area contributed by atoms with Crippen LogP contribution in [0.1, 0.15) is 35.3 Å². The van der Waals surface area contributed by atoms with Gasteiger partial charge in [-0.05, 0) is 44.5 Å². The molecule has 0 amide bonds. The molecule has 5 heteroatoms. The minimum absolute atomic E-state index is 0.0206. The summed E-state index contributed by atoms with van der Waals surface area (Å²) in [5, 5.41) is 0. The maximum atomic E-state index is 12.2. The molecule has 0 heterocycles. The first-order valence-corrected chi connectivity index (χ1v) is 9.13. The van der Waals surface area contributed by atoms with Gasteiger partial charge >= 0.3 is 5.97 Å². The molecule has 0 unspecified atom stereocenters. The van der Waals surface area contributed by atoms with Gasteiger partial charge < -0.3 is 14.2 Å². The van der Waals surface area contributed by atoms with E-state index in [2.05, 4.69) is 0 Å². The second-order valence-corrected chi connectivity index (χ2v) is 6.13. The summed E-state index contributed by atoms with van der Waals surface area (Å²) in [5.41, 5.74) is 2.61. The smallest absolute Gasteiger partial charge is 0.335 e. The maximum absolute atomic E-state index is 12.2. The fraction of sp³-hybridized carbons (Fsp3) is 0.364. The SMILES string of the molecule is CCOC(=O)[C@H](Cc1ccc(OCC(=O)c2cccc(C)c2)cc1)OCC. The molecular weight excluding hydrogens is 344 g/mol. The fourth-order valence-electron chi connectivity index (χ4n) is 2.63. The van der Waals surface area contributed by atoms with Crippen LogP contribution in [-0.4, -0.2) is 37.7 Å². The number of esters is 1. The summed E-state index contributed by atoms with van der Waals surface area (Å²) in [4.78, 5) is 24.1. The topological polar surface area (TPSA) is 61.8 Å². The third kappa shape index (κ3) is 6.53. The second-order valence-electron chi connectivity index (χ2n) is 6.13. The Kier molecular flexibility index (Phi) is 8.01. The molecule has 0 fully saturated rings. The van der Waals surface area contributed by atoms with Crippen LogP contribution in [0, 0.1) is 6.92 Å². The van der Waals surface area contributed by atoms with Crippen LogP contribution in [0.3, 0.4) is 0 Å². The number of Topliss-reactive ketones (excluding diaryl/α,β-unsaturated/α-hetero) is 1. The van der Waals surface area contributed by atoms with Crippen molar-refractivity contribution in [2.24, 2.45) is 0 Å². The Morgan fingerprint density at radius 1 is 1.00 bits per heavy atom. The molecule has 0 aliphatic heterocycles. The average molecular weight is 370 g/mol. The molecule has 0 aliphatic carbocycles. The number of hydrogen-bond donors (Lipinski definition) is 0. The van der Waals surface area contributed by atoms with E-state index in [0.29, 0.717) is 30.9 Å². The van der Waals surface area contributed by atoms with Crippen molar-refractivity contribution in [2.75, 3.05) is 19.8 Å². The lowest BCUT2D eigenvalue weighted by Gasteiger charge is -2.15. The highest BCUT2D eigenvalue weighted by atomic mass is 16.6. The second kappa shape index (κ2) is 10.5. The first-order valence-electron chi connectivity index (χ1n) is 9.13. The van der Waals surface area contributed by atoms with Crippen LogP contribution in [0.4, 0.5) is 0 Å². The molecular formula is C22H26O5. The van der Waals surface area contributed by atoms with Gasteiger partial charge in [0.1, 0.15) is 5.75 Å². The summed E-state index contributed by atoms with van der Waals surface area (Å²) < 4.78 is 16.1. The van der Waals surface area contributed by atoms with Gasteiger partial charge in [-0.2, -0.15) is 0 Å². The van der Waals surface area contributed by atoms with Gasteiger partial charge in [-0.3, -0.25) is 4.79 Å². The van der Waals surface area contributed by atoms with Gasteiger partial charge in [0.25, 0.3) is 0 Å². The van der Waals surface area contributed by atoms with Gasteiger partial charge in [-0.15, -0.1) is 0 Å². The van der Waals surface area contributed by atoms with Gasteiger partial charge in [0.05, 0.1) is 6.61 Å². The number of aryl methyl sites for hydroxylation is 1. The number of rotatable bonds is 10. The monoisotopic (exact) mass is 370 g/mol. The minimum atomic E-state index is -0.621. The van der Waals surface area contributed by atoms with Crippen molar-refractivity contribution in [3.8, 4) is 5.75 Å². The van der Waals surface area contributed by atoms with Gasteiger partial charge in [-0.1, -0.05) is 35.9 Å². The summed E-state index contributed by atoms with van der Waals surface area (Å²) in [5.74, 6) is 0.175. The number of ether oxygens (including phenoxy) is 3. The number of carbonyl (C=O) groups excluding carboxylic acids is 2. The first-order chi connectivity index (χ1) is 13.0. The average Bonchev–Trinajstić information content (AvgIpc) is 2.67. The number of benzene rings is 2. The Balaban J connectivity index is 1.92. The van der Waals surface area contributed by atoms with Gasteiger partial charge in [0.2, 0.25) is 0 Å². The van der Waals surface area contributed by atoms with E-state index < -0.39 is 6.10 Å². The number of hydrogen-bond acceptors (Lipinski definition) is 5. The van der Waals surface area contributed by atoms with Crippen LogP contribution < -0.4 is 4.74 Å². The van der Waals surface area contributed by atoms with Crippen LogP contribution in [0.2, 0.25) is 0 Å². The van der Waals surface area contributed by atoms with E-state index in [-0.39, 0.29) is 18.4 Å². The largest absolute Gasteiger partial charge is 0.485 e. The Hall–Kier alpha value is -2.66. The lowest BCUT2D eigenvalue weighted by molar-refractivity contribution is -0.156. The van der Waals surface area contributed by atoms with E-state index in [0.717, 1.165) is 11.1 Å². The Bertz CT molecular complexity index is 752. The molecule has 0 spiro atoms. The van der Waals surface area contributed by atoms with E-state index in [1.807, 2.05) is 44.2 Å². The van der Waals surface area contributed by atoms with E-state index in [4.69, 9.17) is 14.2 Å².